The van der Waals surface area contributed by atoms with E-state index in [0.29, 0.717) is 0 Å². The molecule has 0 amide bonds. The van der Waals surface area contributed by atoms with Gasteiger partial charge in [-0.25, -0.2) is 4.98 Å². The number of rotatable bonds is 1. The zero-order chi connectivity index (χ0) is 5.98. The van der Waals surface area contributed by atoms with Gasteiger partial charge in [0.15, 0.2) is 0 Å². The predicted molar refractivity (Wildman–Crippen MR) is 31.5 cm³/mol. The minimum atomic E-state index is -0.166. The fourth-order valence-electron chi connectivity index (χ4n) is 0.364. The van der Waals surface area contributed by atoms with Crippen molar-refractivity contribution in [2.75, 3.05) is 0 Å². The van der Waals surface area contributed by atoms with Crippen LogP contribution in [0.4, 0.5) is 0 Å². The van der Waals surface area contributed by atoms with Crippen LogP contribution in [0.3, 0.4) is 0 Å². The highest BCUT2D eigenvalue weighted by Crippen LogP contribution is 1.99. The fourth-order valence-corrected chi connectivity index (χ4v) is 0.944. The summed E-state index contributed by atoms with van der Waals surface area (Å²) >= 11 is 1.54. The zero-order valence-electron chi connectivity index (χ0n) is 5.09. The van der Waals surface area contributed by atoms with E-state index >= 15 is 0 Å². The van der Waals surface area contributed by atoms with Gasteiger partial charge >= 0.3 is 0 Å². The minimum Gasteiger partial charge on any atom is -0.250 e. The van der Waals surface area contributed by atoms with Crippen LogP contribution in [0.15, 0.2) is 10.9 Å². The van der Waals surface area contributed by atoms with Crippen molar-refractivity contribution in [2.45, 2.75) is 13.3 Å². The van der Waals surface area contributed by atoms with Gasteiger partial charge in [0.2, 0.25) is 0 Å². The molecular weight excluding hydrogens is 106 g/mol. The van der Waals surface area contributed by atoms with Crippen molar-refractivity contribution >= 4 is 11.3 Å². The summed E-state index contributed by atoms with van der Waals surface area (Å²) in [5.74, 6) is 0. The quantitative estimate of drug-likeness (QED) is 0.541. The number of thiazole rings is 1. The highest BCUT2D eigenvalue weighted by atomic mass is 32.1. The maximum absolute atomic E-state index is 7.18. The normalized spacial score (nSPS) is 15.9. The number of aryl methyl sites for hydroxylation is 1. The van der Waals surface area contributed by atoms with Gasteiger partial charge in [0.25, 0.3) is 0 Å². The lowest BCUT2D eigenvalue weighted by molar-refractivity contribution is 1.06. The number of hydrogen-bond donors (Lipinski definition) is 0. The van der Waals surface area contributed by atoms with E-state index in [1.165, 1.54) is 11.3 Å². The van der Waals surface area contributed by atoms with Crippen molar-refractivity contribution in [3.63, 3.8) is 0 Å². The van der Waals surface area contributed by atoms with Gasteiger partial charge in [-0.1, -0.05) is 6.92 Å². The van der Waals surface area contributed by atoms with Crippen molar-refractivity contribution in [2.24, 2.45) is 0 Å². The molecule has 0 saturated carbocycles. The smallest absolute Gasteiger partial charge is 0.0794 e. The summed E-state index contributed by atoms with van der Waals surface area (Å²) in [5.41, 5.74) is 2.62. The van der Waals surface area contributed by atoms with Crippen molar-refractivity contribution in [3.8, 4) is 0 Å². The van der Waals surface area contributed by atoms with Gasteiger partial charge in [-0.15, -0.1) is 11.3 Å². The molecule has 0 aliphatic heterocycles. The van der Waals surface area contributed by atoms with Crippen LogP contribution in [0.5, 0.6) is 0 Å². The fraction of sp³-hybridized carbons (Fsp3) is 0.400. The Balaban J connectivity index is 2.77. The third-order valence-corrected chi connectivity index (χ3v) is 1.35. The topological polar surface area (TPSA) is 12.9 Å². The number of aromatic nitrogens is 1. The molecule has 0 fully saturated rings. The first-order valence-electron chi connectivity index (χ1n) is 2.69. The Labute approximate surface area is 48.4 Å². The van der Waals surface area contributed by atoms with E-state index in [2.05, 4.69) is 4.98 Å². The molecule has 0 spiro atoms. The summed E-state index contributed by atoms with van der Waals surface area (Å²) in [6.45, 7) is 1.81. The summed E-state index contributed by atoms with van der Waals surface area (Å²) in [4.78, 5) is 3.95. The van der Waals surface area contributed by atoms with E-state index in [-0.39, 0.29) is 6.40 Å². The Bertz CT molecular complexity index is 147. The lowest BCUT2D eigenvalue weighted by Crippen LogP contribution is -1.73. The molecule has 0 bridgehead atoms. The van der Waals surface area contributed by atoms with Gasteiger partial charge in [-0.05, 0) is 6.40 Å². The van der Waals surface area contributed by atoms with E-state index in [9.17, 15) is 0 Å². The summed E-state index contributed by atoms with van der Waals surface area (Å²) in [7, 11) is 0. The average Bonchev–Trinajstić information content (AvgIpc) is 2.12. The van der Waals surface area contributed by atoms with E-state index in [4.69, 9.17) is 1.37 Å². The molecule has 38 valence electrons. The van der Waals surface area contributed by atoms with E-state index in [1.54, 1.807) is 5.51 Å². The van der Waals surface area contributed by atoms with Crippen LogP contribution in [0.1, 0.15) is 14.0 Å². The molecule has 1 aromatic heterocycles. The lowest BCUT2D eigenvalue weighted by atomic mass is 10.4. The molecule has 0 saturated heterocycles. The van der Waals surface area contributed by atoms with Gasteiger partial charge in [0, 0.05) is 6.75 Å². The van der Waals surface area contributed by atoms with Gasteiger partial charge in [-0.3, -0.25) is 0 Å². The first kappa shape index (κ1) is 3.61. The van der Waals surface area contributed by atoms with Gasteiger partial charge in [0.05, 0.1) is 11.2 Å². The Morgan fingerprint density at radius 2 is 3.00 bits per heavy atom. The summed E-state index contributed by atoms with van der Waals surface area (Å²) in [6, 6.07) is 0. The number of hydrogen-bond acceptors (Lipinski definition) is 2. The molecule has 0 aliphatic rings. The van der Waals surface area contributed by atoms with E-state index < -0.39 is 0 Å². The van der Waals surface area contributed by atoms with Crippen molar-refractivity contribution in [1.29, 1.82) is 0 Å². The van der Waals surface area contributed by atoms with Crippen LogP contribution in [0.25, 0.3) is 0 Å². The van der Waals surface area contributed by atoms with E-state index in [0.717, 1.165) is 5.69 Å². The molecule has 1 heterocycles. The standard InChI is InChI=1S/C5H7NS/c1-2-5-3-7-4-6-5/h3-4H,2H2,1H3/i2D. The Kier molecular flexibility index (Phi) is 1.07. The highest BCUT2D eigenvalue weighted by molar-refractivity contribution is 7.07. The van der Waals surface area contributed by atoms with Crippen LogP contribution in [0, 0.1) is 0 Å². The third-order valence-electron chi connectivity index (χ3n) is 0.747. The second-order valence-electron chi connectivity index (χ2n) is 1.20. The first-order chi connectivity index (χ1) is 3.80. The molecule has 2 heteroatoms. The van der Waals surface area contributed by atoms with E-state index in [1.807, 2.05) is 12.3 Å². The van der Waals surface area contributed by atoms with Gasteiger partial charge in [0.1, 0.15) is 0 Å². The Morgan fingerprint density at radius 3 is 3.29 bits per heavy atom. The third kappa shape index (κ3) is 0.996. The van der Waals surface area contributed by atoms with Crippen molar-refractivity contribution in [1.82, 2.24) is 4.98 Å². The average molecular weight is 114 g/mol. The molecule has 1 nitrogen and oxygen atoms in total. The summed E-state index contributed by atoms with van der Waals surface area (Å²) in [6.07, 6.45) is -0.166. The minimum absolute atomic E-state index is 0.166. The highest BCUT2D eigenvalue weighted by Gasteiger charge is 1.84. The number of nitrogens with zero attached hydrogens (tertiary/aromatic N) is 1. The monoisotopic (exact) mass is 114 g/mol. The van der Waals surface area contributed by atoms with Crippen LogP contribution in [-0.2, 0) is 6.40 Å². The molecule has 1 unspecified atom stereocenters. The summed E-state index contributed by atoms with van der Waals surface area (Å²) < 4.78 is 7.18. The van der Waals surface area contributed by atoms with Crippen LogP contribution in [0.2, 0.25) is 0 Å². The van der Waals surface area contributed by atoms with Crippen LogP contribution < -0.4 is 0 Å². The van der Waals surface area contributed by atoms with Crippen molar-refractivity contribution < 1.29 is 1.37 Å². The van der Waals surface area contributed by atoms with Crippen molar-refractivity contribution in [3.05, 3.63) is 16.6 Å². The molecule has 0 radical (unpaired) electrons. The summed E-state index contributed by atoms with van der Waals surface area (Å²) in [5, 5.41) is 1.90. The Morgan fingerprint density at radius 1 is 2.14 bits per heavy atom. The molecule has 0 aromatic carbocycles. The molecule has 7 heavy (non-hydrogen) atoms. The maximum atomic E-state index is 7.18. The molecule has 0 N–H and O–H groups in total. The molecule has 0 aliphatic carbocycles. The molecular formula is C5H7NS. The van der Waals surface area contributed by atoms with Gasteiger partial charge in [-0.2, -0.15) is 0 Å². The zero-order valence-corrected chi connectivity index (χ0v) is 4.90. The molecule has 1 atom stereocenters. The maximum Gasteiger partial charge on any atom is 0.0794 e. The SMILES string of the molecule is [2H]C(C)c1cscn1. The predicted octanol–water partition coefficient (Wildman–Crippen LogP) is 1.71. The van der Waals surface area contributed by atoms with Crippen LogP contribution in [-0.4, -0.2) is 4.98 Å². The lowest BCUT2D eigenvalue weighted by Gasteiger charge is -1.77. The second-order valence-corrected chi connectivity index (χ2v) is 1.92. The largest absolute Gasteiger partial charge is 0.250 e. The van der Waals surface area contributed by atoms with Crippen LogP contribution >= 0.6 is 11.3 Å². The Hall–Kier alpha value is -0.370. The first-order valence-corrected chi connectivity index (χ1v) is 3.05. The van der Waals surface area contributed by atoms with Gasteiger partial charge < -0.3 is 0 Å². The molecule has 1 rings (SSSR count). The second kappa shape index (κ2) is 2.07. The molecule has 1 aromatic rings.